The van der Waals surface area contributed by atoms with E-state index in [1.165, 1.54) is 0 Å². The fourth-order valence-corrected chi connectivity index (χ4v) is 3.23. The molecule has 0 heterocycles. The highest BCUT2D eigenvalue weighted by Crippen LogP contribution is 2.18. The lowest BCUT2D eigenvalue weighted by atomic mass is 10.1. The SMILES string of the molecule is CNCc1cccc(S(=O)(=O)NCC(C)N(C)C)c1C. The van der Waals surface area contributed by atoms with Crippen LogP contribution in [0.3, 0.4) is 0 Å². The maximum Gasteiger partial charge on any atom is 0.240 e. The van der Waals surface area contributed by atoms with Gasteiger partial charge in [-0.1, -0.05) is 12.1 Å². The molecule has 0 saturated heterocycles. The van der Waals surface area contributed by atoms with Crippen LogP contribution < -0.4 is 10.0 Å². The van der Waals surface area contributed by atoms with Crippen LogP contribution in [0, 0.1) is 6.92 Å². The topological polar surface area (TPSA) is 61.4 Å². The molecular formula is C14H25N3O2S. The molecule has 5 nitrogen and oxygen atoms in total. The molecule has 0 spiro atoms. The molecule has 0 fully saturated rings. The van der Waals surface area contributed by atoms with Crippen molar-refractivity contribution in [1.29, 1.82) is 0 Å². The van der Waals surface area contributed by atoms with E-state index in [9.17, 15) is 8.42 Å². The third-order valence-corrected chi connectivity index (χ3v) is 5.07. The molecule has 1 aromatic rings. The quantitative estimate of drug-likeness (QED) is 0.787. The first-order valence-corrected chi connectivity index (χ1v) is 8.17. The van der Waals surface area contributed by atoms with Gasteiger partial charge in [0, 0.05) is 19.1 Å². The first-order valence-electron chi connectivity index (χ1n) is 6.68. The molecule has 2 N–H and O–H groups in total. The highest BCUT2D eigenvalue weighted by molar-refractivity contribution is 7.89. The lowest BCUT2D eigenvalue weighted by Gasteiger charge is -2.20. The molecule has 0 radical (unpaired) electrons. The first-order chi connectivity index (χ1) is 9.29. The van der Waals surface area contributed by atoms with Gasteiger partial charge in [-0.05, 0) is 52.2 Å². The lowest BCUT2D eigenvalue weighted by Crippen LogP contribution is -2.38. The molecule has 20 heavy (non-hydrogen) atoms. The largest absolute Gasteiger partial charge is 0.316 e. The molecule has 0 aliphatic rings. The summed E-state index contributed by atoms with van der Waals surface area (Å²) in [6.45, 7) is 4.87. The number of nitrogens with zero attached hydrogens (tertiary/aromatic N) is 1. The van der Waals surface area contributed by atoms with Crippen molar-refractivity contribution in [1.82, 2.24) is 14.9 Å². The maximum atomic E-state index is 12.4. The van der Waals surface area contributed by atoms with Crippen LogP contribution in [0.2, 0.25) is 0 Å². The van der Waals surface area contributed by atoms with E-state index in [1.54, 1.807) is 12.1 Å². The van der Waals surface area contributed by atoms with Crippen molar-refractivity contribution in [2.45, 2.75) is 31.3 Å². The zero-order valence-corrected chi connectivity index (χ0v) is 13.7. The minimum absolute atomic E-state index is 0.144. The summed E-state index contributed by atoms with van der Waals surface area (Å²) in [5, 5.41) is 3.05. The van der Waals surface area contributed by atoms with Crippen LogP contribution in [0.15, 0.2) is 23.1 Å². The van der Waals surface area contributed by atoms with Gasteiger partial charge in [0.05, 0.1) is 4.90 Å². The fraction of sp³-hybridized carbons (Fsp3) is 0.571. The average molecular weight is 299 g/mol. The van der Waals surface area contributed by atoms with E-state index in [4.69, 9.17) is 0 Å². The van der Waals surface area contributed by atoms with Crippen molar-refractivity contribution in [3.8, 4) is 0 Å². The predicted molar refractivity (Wildman–Crippen MR) is 82.3 cm³/mol. The van der Waals surface area contributed by atoms with E-state index in [1.807, 2.05) is 46.0 Å². The van der Waals surface area contributed by atoms with Crippen molar-refractivity contribution >= 4 is 10.0 Å². The van der Waals surface area contributed by atoms with Crippen LogP contribution >= 0.6 is 0 Å². The van der Waals surface area contributed by atoms with E-state index in [2.05, 4.69) is 10.0 Å². The molecule has 1 atom stereocenters. The summed E-state index contributed by atoms with van der Waals surface area (Å²) in [6, 6.07) is 5.51. The minimum Gasteiger partial charge on any atom is -0.316 e. The van der Waals surface area contributed by atoms with E-state index in [0.717, 1.165) is 11.1 Å². The molecule has 0 aliphatic heterocycles. The van der Waals surface area contributed by atoms with Gasteiger partial charge in [-0.25, -0.2) is 13.1 Å². The zero-order valence-electron chi connectivity index (χ0n) is 12.9. The second kappa shape index (κ2) is 7.17. The Morgan fingerprint density at radius 3 is 2.50 bits per heavy atom. The van der Waals surface area contributed by atoms with Crippen LogP contribution in [0.1, 0.15) is 18.1 Å². The molecule has 1 aromatic carbocycles. The van der Waals surface area contributed by atoms with Gasteiger partial charge in [0.15, 0.2) is 0 Å². The Morgan fingerprint density at radius 2 is 1.95 bits per heavy atom. The molecule has 1 unspecified atom stereocenters. The molecule has 6 heteroatoms. The Hall–Kier alpha value is -0.950. The third kappa shape index (κ3) is 4.28. The van der Waals surface area contributed by atoms with Gasteiger partial charge in [0.1, 0.15) is 0 Å². The number of sulfonamides is 1. The van der Waals surface area contributed by atoms with Gasteiger partial charge < -0.3 is 10.2 Å². The summed E-state index contributed by atoms with van der Waals surface area (Å²) in [5.74, 6) is 0. The third-order valence-electron chi connectivity index (χ3n) is 3.50. The molecule has 1 rings (SSSR count). The Bertz CT molecular complexity index is 541. The normalized spacial score (nSPS) is 13.7. The molecule has 0 aromatic heterocycles. The number of likely N-dealkylation sites (N-methyl/N-ethyl adjacent to an activating group) is 1. The lowest BCUT2D eigenvalue weighted by molar-refractivity contribution is 0.314. The molecule has 0 aliphatic carbocycles. The Balaban J connectivity index is 2.95. The number of hydrogen-bond donors (Lipinski definition) is 2. The summed E-state index contributed by atoms with van der Waals surface area (Å²) in [4.78, 5) is 2.34. The van der Waals surface area contributed by atoms with Gasteiger partial charge in [0.2, 0.25) is 10.0 Å². The summed E-state index contributed by atoms with van der Waals surface area (Å²) in [5.41, 5.74) is 1.79. The highest BCUT2D eigenvalue weighted by Gasteiger charge is 2.19. The number of benzene rings is 1. The predicted octanol–water partition coefficient (Wildman–Crippen LogP) is 0.943. The molecule has 0 bridgehead atoms. The summed E-state index contributed by atoms with van der Waals surface area (Å²) in [7, 11) is 2.24. The van der Waals surface area contributed by atoms with Gasteiger partial charge in [0.25, 0.3) is 0 Å². The van der Waals surface area contributed by atoms with E-state index in [0.29, 0.717) is 18.0 Å². The molecule has 0 saturated carbocycles. The average Bonchev–Trinajstić information content (AvgIpc) is 2.38. The highest BCUT2D eigenvalue weighted by atomic mass is 32.2. The van der Waals surface area contributed by atoms with Gasteiger partial charge in [-0.2, -0.15) is 0 Å². The number of hydrogen-bond acceptors (Lipinski definition) is 4. The van der Waals surface area contributed by atoms with Crippen LogP contribution in [-0.4, -0.2) is 47.0 Å². The van der Waals surface area contributed by atoms with Crippen LogP contribution in [0.5, 0.6) is 0 Å². The van der Waals surface area contributed by atoms with E-state index >= 15 is 0 Å². The minimum atomic E-state index is -3.46. The van der Waals surface area contributed by atoms with Crippen molar-refractivity contribution in [2.24, 2.45) is 0 Å². The maximum absolute atomic E-state index is 12.4. The smallest absolute Gasteiger partial charge is 0.240 e. The van der Waals surface area contributed by atoms with Crippen molar-refractivity contribution in [3.63, 3.8) is 0 Å². The second-order valence-electron chi connectivity index (χ2n) is 5.24. The fourth-order valence-electron chi connectivity index (χ4n) is 1.82. The Kier molecular flexibility index (Phi) is 6.13. The van der Waals surface area contributed by atoms with Crippen molar-refractivity contribution in [2.75, 3.05) is 27.7 Å². The van der Waals surface area contributed by atoms with E-state index < -0.39 is 10.0 Å². The Labute approximate surface area is 122 Å². The van der Waals surface area contributed by atoms with Crippen LogP contribution in [0.25, 0.3) is 0 Å². The van der Waals surface area contributed by atoms with Crippen LogP contribution in [-0.2, 0) is 16.6 Å². The Morgan fingerprint density at radius 1 is 1.30 bits per heavy atom. The molecular weight excluding hydrogens is 274 g/mol. The molecule has 0 amide bonds. The monoisotopic (exact) mass is 299 g/mol. The van der Waals surface area contributed by atoms with Gasteiger partial charge in [-0.15, -0.1) is 0 Å². The summed E-state index contributed by atoms with van der Waals surface area (Å²) < 4.78 is 27.4. The van der Waals surface area contributed by atoms with Crippen molar-refractivity contribution < 1.29 is 8.42 Å². The zero-order chi connectivity index (χ0) is 15.3. The van der Waals surface area contributed by atoms with E-state index in [-0.39, 0.29) is 6.04 Å². The van der Waals surface area contributed by atoms with Gasteiger partial charge >= 0.3 is 0 Å². The molecule has 114 valence electrons. The van der Waals surface area contributed by atoms with Gasteiger partial charge in [-0.3, -0.25) is 0 Å². The summed E-state index contributed by atoms with van der Waals surface area (Å²) >= 11 is 0. The van der Waals surface area contributed by atoms with Crippen LogP contribution in [0.4, 0.5) is 0 Å². The number of rotatable bonds is 7. The standard InChI is InChI=1S/C14H25N3O2S/c1-11(17(4)5)9-16-20(18,19)14-8-6-7-13(10-15-3)12(14)2/h6-8,11,15-16H,9-10H2,1-5H3. The first kappa shape index (κ1) is 17.1. The second-order valence-corrected chi connectivity index (χ2v) is 6.97. The summed E-state index contributed by atoms with van der Waals surface area (Å²) in [6.07, 6.45) is 0. The number of nitrogens with one attached hydrogen (secondary N) is 2. The van der Waals surface area contributed by atoms with Crippen molar-refractivity contribution in [3.05, 3.63) is 29.3 Å².